The number of nitrogens with zero attached hydrogens (tertiary/aromatic N) is 2. The van der Waals surface area contributed by atoms with Crippen molar-refractivity contribution < 1.29 is 32.3 Å². The lowest BCUT2D eigenvalue weighted by molar-refractivity contribution is -0.142. The fourth-order valence-corrected chi connectivity index (χ4v) is 8.19. The summed E-state index contributed by atoms with van der Waals surface area (Å²) in [5.41, 5.74) is 4.87. The number of amides is 2. The molecule has 3 atom stereocenters. The van der Waals surface area contributed by atoms with Crippen molar-refractivity contribution >= 4 is 34.4 Å². The summed E-state index contributed by atoms with van der Waals surface area (Å²) in [7, 11) is 0. The Morgan fingerprint density at radius 3 is 2.40 bits per heavy atom. The van der Waals surface area contributed by atoms with Crippen molar-refractivity contribution in [1.82, 2.24) is 9.47 Å². The molecule has 6 rings (SSSR count). The molecule has 2 aromatic rings. The van der Waals surface area contributed by atoms with Gasteiger partial charge >= 0.3 is 5.97 Å². The molecule has 2 saturated carbocycles. The van der Waals surface area contributed by atoms with Gasteiger partial charge in [-0.25, -0.2) is 18.0 Å². The van der Waals surface area contributed by atoms with Crippen molar-refractivity contribution in [3.8, 4) is 0 Å². The molecule has 2 amide bonds. The van der Waals surface area contributed by atoms with Gasteiger partial charge in [0.05, 0.1) is 5.52 Å². The summed E-state index contributed by atoms with van der Waals surface area (Å²) in [5.74, 6) is -0.735. The maximum Gasteiger partial charge on any atom is 0.357 e. The minimum atomic E-state index is -2.02. The second kappa shape index (κ2) is 12.1. The van der Waals surface area contributed by atoms with Gasteiger partial charge in [0.1, 0.15) is 18.4 Å². The number of likely N-dealkylation sites (tertiary alicyclic amines) is 1. The molecule has 2 aliphatic carbocycles. The Balaban J connectivity index is 1.23. The highest BCUT2D eigenvalue weighted by Gasteiger charge is 2.48. The highest BCUT2D eigenvalue weighted by molar-refractivity contribution is 6.02. The lowest BCUT2D eigenvalue weighted by Crippen LogP contribution is -2.50. The van der Waals surface area contributed by atoms with Crippen LogP contribution in [0.1, 0.15) is 74.7 Å². The van der Waals surface area contributed by atoms with Crippen LogP contribution in [0.15, 0.2) is 24.3 Å². The molecular weight excluding hydrogens is 561 g/mol. The first kappa shape index (κ1) is 30.0. The van der Waals surface area contributed by atoms with Gasteiger partial charge in [-0.3, -0.25) is 14.2 Å². The minimum absolute atomic E-state index is 0.00246. The number of cyclic esters (lactones) is 1. The zero-order chi connectivity index (χ0) is 30.3. The van der Waals surface area contributed by atoms with E-state index in [1.54, 1.807) is 23.1 Å². The summed E-state index contributed by atoms with van der Waals surface area (Å²) in [6, 6.07) is 5.36. The van der Waals surface area contributed by atoms with Crippen LogP contribution in [0.5, 0.6) is 0 Å². The average Bonchev–Trinajstić information content (AvgIpc) is 3.73. The molecule has 11 heteroatoms. The van der Waals surface area contributed by atoms with E-state index in [4.69, 9.17) is 10.5 Å². The van der Waals surface area contributed by atoms with Crippen LogP contribution in [0.2, 0.25) is 0 Å². The first-order valence-corrected chi connectivity index (χ1v) is 15.7. The van der Waals surface area contributed by atoms with Crippen LogP contribution in [0, 0.1) is 23.7 Å². The number of benzene rings is 1. The van der Waals surface area contributed by atoms with E-state index in [9.17, 15) is 27.6 Å². The smallest absolute Gasteiger partial charge is 0.357 e. The van der Waals surface area contributed by atoms with Crippen LogP contribution in [-0.2, 0) is 20.1 Å². The van der Waals surface area contributed by atoms with E-state index < -0.39 is 43.8 Å². The molecule has 0 unspecified atom stereocenters. The van der Waals surface area contributed by atoms with Crippen LogP contribution in [0.4, 0.5) is 18.9 Å². The standard InChI is InChI=1S/C32H41F3N4O4/c33-16-25(36)20-6-8-21(9-7-20)30(41)38-13-12-24(19-4-2-1-3-5-19)28(38)29(40)37-23-10-11-26-22(14-23)15-27-31(42)43-32(17-34,18-35)39(26)27/h10-11,14-15,19-21,24-25,28H,1-9,12-13,16-18,36H2,(H,37,40)/t20-,21-,24-,25+,28-/m0/s1. The Kier molecular flexibility index (Phi) is 8.45. The number of rotatable bonds is 8. The summed E-state index contributed by atoms with van der Waals surface area (Å²) in [4.78, 5) is 42.1. The number of hydrogen-bond acceptors (Lipinski definition) is 5. The minimum Gasteiger partial charge on any atom is -0.428 e. The zero-order valence-electron chi connectivity index (χ0n) is 24.4. The highest BCUT2D eigenvalue weighted by atomic mass is 19.1. The zero-order valence-corrected chi connectivity index (χ0v) is 24.4. The van der Waals surface area contributed by atoms with Gasteiger partial charge in [-0.2, -0.15) is 0 Å². The first-order chi connectivity index (χ1) is 20.8. The van der Waals surface area contributed by atoms with Gasteiger partial charge in [0.15, 0.2) is 13.3 Å². The number of alkyl halides is 3. The predicted molar refractivity (Wildman–Crippen MR) is 155 cm³/mol. The lowest BCUT2D eigenvalue weighted by atomic mass is 9.76. The Morgan fingerprint density at radius 1 is 1.00 bits per heavy atom. The third-order valence-corrected chi connectivity index (χ3v) is 10.5. The molecule has 234 valence electrons. The van der Waals surface area contributed by atoms with Crippen LogP contribution in [0.25, 0.3) is 10.9 Å². The van der Waals surface area contributed by atoms with Crippen molar-refractivity contribution in [3.05, 3.63) is 30.0 Å². The molecular formula is C32H41F3N4O4. The van der Waals surface area contributed by atoms with E-state index in [2.05, 4.69) is 5.32 Å². The predicted octanol–water partition coefficient (Wildman–Crippen LogP) is 5.24. The second-order valence-electron chi connectivity index (χ2n) is 13.0. The van der Waals surface area contributed by atoms with E-state index in [1.165, 1.54) is 17.1 Å². The van der Waals surface area contributed by atoms with Crippen LogP contribution in [0.3, 0.4) is 0 Å². The maximum absolute atomic E-state index is 14.0. The monoisotopic (exact) mass is 602 g/mol. The third-order valence-electron chi connectivity index (χ3n) is 10.5. The molecule has 43 heavy (non-hydrogen) atoms. The topological polar surface area (TPSA) is 107 Å². The van der Waals surface area contributed by atoms with Crippen molar-refractivity contribution in [2.45, 2.75) is 82.0 Å². The molecule has 4 aliphatic rings. The molecule has 1 saturated heterocycles. The van der Waals surface area contributed by atoms with Gasteiger partial charge in [0, 0.05) is 29.6 Å². The largest absolute Gasteiger partial charge is 0.428 e. The Hall–Kier alpha value is -3.08. The Labute approximate surface area is 249 Å². The summed E-state index contributed by atoms with van der Waals surface area (Å²) in [6.07, 6.45) is 9.02. The number of hydrogen-bond donors (Lipinski definition) is 2. The lowest BCUT2D eigenvalue weighted by Gasteiger charge is -2.36. The van der Waals surface area contributed by atoms with Crippen molar-refractivity contribution in [2.75, 3.05) is 31.9 Å². The quantitative estimate of drug-likeness (QED) is 0.402. The van der Waals surface area contributed by atoms with Gasteiger partial charge in [0.2, 0.25) is 17.5 Å². The van der Waals surface area contributed by atoms with Crippen molar-refractivity contribution in [2.24, 2.45) is 29.4 Å². The molecule has 0 radical (unpaired) electrons. The van der Waals surface area contributed by atoms with Crippen molar-refractivity contribution in [3.63, 3.8) is 0 Å². The van der Waals surface area contributed by atoms with Gasteiger partial charge in [0.25, 0.3) is 0 Å². The van der Waals surface area contributed by atoms with E-state index in [1.807, 2.05) is 0 Å². The number of nitrogens with one attached hydrogen (secondary N) is 1. The van der Waals surface area contributed by atoms with Crippen molar-refractivity contribution in [1.29, 1.82) is 0 Å². The molecule has 0 spiro atoms. The number of carbonyl (C=O) groups excluding carboxylic acids is 3. The third kappa shape index (κ3) is 5.31. The van der Waals surface area contributed by atoms with E-state index >= 15 is 0 Å². The molecule has 0 bridgehead atoms. The molecule has 3 fully saturated rings. The summed E-state index contributed by atoms with van der Waals surface area (Å²) in [6.45, 7) is -2.44. The maximum atomic E-state index is 14.0. The normalized spacial score (nSPS) is 28.1. The molecule has 1 aromatic heterocycles. The fourth-order valence-electron chi connectivity index (χ4n) is 8.19. The molecule has 3 N–H and O–H groups in total. The van der Waals surface area contributed by atoms with Gasteiger partial charge in [-0.15, -0.1) is 0 Å². The number of nitrogens with two attached hydrogens (primary N) is 1. The van der Waals surface area contributed by atoms with Crippen LogP contribution < -0.4 is 11.1 Å². The Morgan fingerprint density at radius 2 is 1.72 bits per heavy atom. The van der Waals surface area contributed by atoms with Crippen LogP contribution in [-0.4, -0.2) is 65.9 Å². The Bertz CT molecular complexity index is 1360. The number of carbonyl (C=O) groups is 3. The first-order valence-electron chi connectivity index (χ1n) is 15.7. The van der Waals surface area contributed by atoms with E-state index in [0.29, 0.717) is 54.7 Å². The number of fused-ring (bicyclic) bond motifs is 3. The second-order valence-corrected chi connectivity index (χ2v) is 13.0. The van der Waals surface area contributed by atoms with Gasteiger partial charge in [-0.05, 0) is 74.1 Å². The molecule has 3 heterocycles. The highest BCUT2D eigenvalue weighted by Crippen LogP contribution is 2.42. The SMILES string of the molecule is N[C@H](CF)[C@H]1CC[C@H](C(=O)N2CC[C@@H](C3CCCCC3)[C@H]2C(=O)Nc2ccc3c(c2)cc2n3C(CF)(CF)OC2=O)CC1. The van der Waals surface area contributed by atoms with Crippen LogP contribution >= 0.6 is 0 Å². The molecule has 1 aromatic carbocycles. The molecule has 2 aliphatic heterocycles. The van der Waals surface area contributed by atoms with Gasteiger partial charge < -0.3 is 20.7 Å². The van der Waals surface area contributed by atoms with E-state index in [-0.39, 0.29) is 35.3 Å². The summed E-state index contributed by atoms with van der Waals surface area (Å²) < 4.78 is 47.2. The summed E-state index contributed by atoms with van der Waals surface area (Å²) in [5, 5.41) is 3.57. The number of ether oxygens (including phenoxy) is 1. The molecule has 8 nitrogen and oxygen atoms in total. The van der Waals surface area contributed by atoms with E-state index in [0.717, 1.165) is 32.1 Å². The number of aromatic nitrogens is 1. The number of anilines is 1. The number of halogens is 3. The fraction of sp³-hybridized carbons (Fsp3) is 0.656. The average molecular weight is 603 g/mol. The summed E-state index contributed by atoms with van der Waals surface area (Å²) >= 11 is 0. The number of esters is 1. The van der Waals surface area contributed by atoms with Gasteiger partial charge in [-0.1, -0.05) is 32.1 Å².